The minimum atomic E-state index is -0.505. The highest BCUT2D eigenvalue weighted by atomic mass is 35.5. The number of hydrogen-bond acceptors (Lipinski definition) is 4. The molecule has 0 aliphatic carbocycles. The molecule has 3 aromatic rings. The Balaban J connectivity index is 2.12. The minimum absolute atomic E-state index is 0.202. The van der Waals surface area contributed by atoms with Crippen LogP contribution in [0.3, 0.4) is 0 Å². The number of esters is 1. The van der Waals surface area contributed by atoms with E-state index >= 15 is 0 Å². The molecule has 0 aliphatic rings. The molecule has 3 rings (SSSR count). The summed E-state index contributed by atoms with van der Waals surface area (Å²) in [6.07, 6.45) is 0. The number of ketones is 1. The predicted molar refractivity (Wildman–Crippen MR) is 91.0 cm³/mol. The van der Waals surface area contributed by atoms with Gasteiger partial charge in [-0.05, 0) is 42.5 Å². The monoisotopic (exact) mass is 343 g/mol. The van der Waals surface area contributed by atoms with Gasteiger partial charge in [-0.25, -0.2) is 0 Å². The molecular formula is C18H14ClNO4. The zero-order valence-electron chi connectivity index (χ0n) is 13.1. The fraction of sp³-hybridized carbons (Fsp3) is 0.111. The van der Waals surface area contributed by atoms with Crippen molar-refractivity contribution in [3.05, 3.63) is 58.7 Å². The molecule has 0 unspecified atom stereocenters. The van der Waals surface area contributed by atoms with E-state index < -0.39 is 5.97 Å². The molecule has 0 saturated heterocycles. The highest BCUT2D eigenvalue weighted by molar-refractivity contribution is 6.31. The molecule has 0 fully saturated rings. The molecule has 2 aromatic carbocycles. The number of carbonyl (C=O) groups excluding carboxylic acids is 2. The largest absolute Gasteiger partial charge is 0.497 e. The van der Waals surface area contributed by atoms with Gasteiger partial charge in [0.15, 0.2) is 5.75 Å². The molecule has 0 aliphatic heterocycles. The molecule has 1 N–H and O–H groups in total. The summed E-state index contributed by atoms with van der Waals surface area (Å²) in [6, 6.07) is 11.7. The normalized spacial score (nSPS) is 10.6. The summed E-state index contributed by atoms with van der Waals surface area (Å²) in [5.74, 6) is 0.0565. The zero-order chi connectivity index (χ0) is 17.3. The fourth-order valence-corrected chi connectivity index (χ4v) is 2.61. The lowest BCUT2D eigenvalue weighted by Crippen LogP contribution is -2.08. The number of aromatic amines is 1. The topological polar surface area (TPSA) is 68.4 Å². The van der Waals surface area contributed by atoms with Gasteiger partial charge >= 0.3 is 5.97 Å². The molecule has 122 valence electrons. The van der Waals surface area contributed by atoms with Crippen molar-refractivity contribution in [1.29, 1.82) is 0 Å². The fourth-order valence-electron chi connectivity index (χ4n) is 2.44. The van der Waals surface area contributed by atoms with Crippen LogP contribution in [0.1, 0.15) is 23.0 Å². The highest BCUT2D eigenvalue weighted by Crippen LogP contribution is 2.33. The number of ether oxygens (including phenoxy) is 2. The summed E-state index contributed by atoms with van der Waals surface area (Å²) >= 11 is 5.99. The highest BCUT2D eigenvalue weighted by Gasteiger charge is 2.22. The molecule has 24 heavy (non-hydrogen) atoms. The van der Waals surface area contributed by atoms with E-state index in [1.54, 1.807) is 49.6 Å². The van der Waals surface area contributed by atoms with Crippen LogP contribution in [0.2, 0.25) is 5.02 Å². The van der Waals surface area contributed by atoms with Gasteiger partial charge in [-0.1, -0.05) is 11.6 Å². The van der Waals surface area contributed by atoms with Gasteiger partial charge in [0.05, 0.1) is 12.6 Å². The summed E-state index contributed by atoms with van der Waals surface area (Å²) in [5, 5.41) is 1.13. The third kappa shape index (κ3) is 2.98. The maximum atomic E-state index is 12.8. The first-order chi connectivity index (χ1) is 11.5. The van der Waals surface area contributed by atoms with E-state index in [1.165, 1.54) is 6.92 Å². The first-order valence-corrected chi connectivity index (χ1v) is 7.56. The van der Waals surface area contributed by atoms with E-state index in [9.17, 15) is 9.59 Å². The Morgan fingerprint density at radius 3 is 2.42 bits per heavy atom. The van der Waals surface area contributed by atoms with E-state index in [0.717, 1.165) is 0 Å². The van der Waals surface area contributed by atoms with E-state index in [1.807, 2.05) is 0 Å². The third-order valence-corrected chi connectivity index (χ3v) is 3.77. The van der Waals surface area contributed by atoms with Gasteiger partial charge < -0.3 is 14.5 Å². The number of hydrogen-bond donors (Lipinski definition) is 1. The minimum Gasteiger partial charge on any atom is -0.497 e. The maximum Gasteiger partial charge on any atom is 0.308 e. The lowest BCUT2D eigenvalue weighted by molar-refractivity contribution is -0.131. The van der Waals surface area contributed by atoms with Crippen LogP contribution in [0.4, 0.5) is 0 Å². The van der Waals surface area contributed by atoms with Crippen LogP contribution in [0.25, 0.3) is 10.9 Å². The Morgan fingerprint density at radius 2 is 1.79 bits per heavy atom. The number of methoxy groups -OCH3 is 1. The Labute approximate surface area is 143 Å². The van der Waals surface area contributed by atoms with Gasteiger partial charge in [0, 0.05) is 22.9 Å². The molecule has 0 spiro atoms. The van der Waals surface area contributed by atoms with Crippen molar-refractivity contribution in [2.24, 2.45) is 0 Å². The number of carbonyl (C=O) groups is 2. The third-order valence-electron chi connectivity index (χ3n) is 3.54. The Kier molecular flexibility index (Phi) is 4.27. The molecule has 5 nitrogen and oxygen atoms in total. The summed E-state index contributed by atoms with van der Waals surface area (Å²) in [4.78, 5) is 27.2. The lowest BCUT2D eigenvalue weighted by atomic mass is 10.1. The van der Waals surface area contributed by atoms with Crippen LogP contribution in [0.15, 0.2) is 42.5 Å². The number of fused-ring (bicyclic) bond motifs is 1. The number of nitrogens with one attached hydrogen (secondary N) is 1. The van der Waals surface area contributed by atoms with Crippen LogP contribution < -0.4 is 9.47 Å². The summed E-state index contributed by atoms with van der Waals surface area (Å²) in [6.45, 7) is 1.29. The number of benzene rings is 2. The van der Waals surface area contributed by atoms with Gasteiger partial charge in [0.25, 0.3) is 0 Å². The summed E-state index contributed by atoms with van der Waals surface area (Å²) < 4.78 is 10.4. The molecule has 0 atom stereocenters. The Hall–Kier alpha value is -2.79. The van der Waals surface area contributed by atoms with Gasteiger partial charge in [-0.15, -0.1) is 0 Å². The second kappa shape index (κ2) is 6.37. The Morgan fingerprint density at radius 1 is 1.08 bits per heavy atom. The average Bonchev–Trinajstić information content (AvgIpc) is 2.91. The number of aromatic nitrogens is 1. The number of halogens is 1. The van der Waals surface area contributed by atoms with Crippen molar-refractivity contribution in [3.63, 3.8) is 0 Å². The number of H-pyrrole nitrogens is 1. The van der Waals surface area contributed by atoms with Crippen LogP contribution in [0.5, 0.6) is 11.5 Å². The van der Waals surface area contributed by atoms with Crippen molar-refractivity contribution in [3.8, 4) is 11.5 Å². The van der Waals surface area contributed by atoms with Crippen molar-refractivity contribution in [1.82, 2.24) is 4.98 Å². The van der Waals surface area contributed by atoms with Crippen molar-refractivity contribution < 1.29 is 19.1 Å². The first kappa shape index (κ1) is 16.1. The van der Waals surface area contributed by atoms with Crippen LogP contribution in [-0.4, -0.2) is 23.8 Å². The average molecular weight is 344 g/mol. The quantitative estimate of drug-likeness (QED) is 0.574. The zero-order valence-corrected chi connectivity index (χ0v) is 13.8. The molecule has 0 amide bonds. The van der Waals surface area contributed by atoms with Crippen molar-refractivity contribution in [2.45, 2.75) is 6.92 Å². The summed E-state index contributed by atoms with van der Waals surface area (Å²) in [7, 11) is 1.55. The molecular weight excluding hydrogens is 330 g/mol. The molecule has 0 saturated carbocycles. The molecule has 0 bridgehead atoms. The molecule has 1 heterocycles. The smallest absolute Gasteiger partial charge is 0.308 e. The Bertz CT molecular complexity index is 928. The van der Waals surface area contributed by atoms with Crippen LogP contribution in [0, 0.1) is 0 Å². The van der Waals surface area contributed by atoms with E-state index in [0.29, 0.717) is 27.2 Å². The van der Waals surface area contributed by atoms with Crippen LogP contribution >= 0.6 is 11.6 Å². The second-order valence-corrected chi connectivity index (χ2v) is 5.61. The van der Waals surface area contributed by atoms with Gasteiger partial charge in [0.1, 0.15) is 11.4 Å². The summed E-state index contributed by atoms with van der Waals surface area (Å²) in [5.41, 5.74) is 1.27. The maximum absolute atomic E-state index is 12.8. The van der Waals surface area contributed by atoms with Crippen molar-refractivity contribution >= 4 is 34.3 Å². The molecule has 1 aromatic heterocycles. The predicted octanol–water partition coefficient (Wildman–Crippen LogP) is 3.99. The van der Waals surface area contributed by atoms with E-state index in [4.69, 9.17) is 21.1 Å². The van der Waals surface area contributed by atoms with E-state index in [-0.39, 0.29) is 17.2 Å². The SMILES string of the molecule is COc1ccc(C(=O)c2[nH]c3cc(Cl)ccc3c2OC(C)=O)cc1. The lowest BCUT2D eigenvalue weighted by Gasteiger charge is -2.05. The van der Waals surface area contributed by atoms with Gasteiger partial charge in [-0.3, -0.25) is 9.59 Å². The molecule has 0 radical (unpaired) electrons. The standard InChI is InChI=1S/C18H14ClNO4/c1-10(21)24-18-14-8-5-12(19)9-15(14)20-16(18)17(22)11-3-6-13(23-2)7-4-11/h3-9,20H,1-2H3. The van der Waals surface area contributed by atoms with Crippen molar-refractivity contribution in [2.75, 3.05) is 7.11 Å². The molecule has 6 heteroatoms. The van der Waals surface area contributed by atoms with Gasteiger partial charge in [-0.2, -0.15) is 0 Å². The van der Waals surface area contributed by atoms with E-state index in [2.05, 4.69) is 4.98 Å². The number of rotatable bonds is 4. The van der Waals surface area contributed by atoms with Crippen LogP contribution in [-0.2, 0) is 4.79 Å². The second-order valence-electron chi connectivity index (χ2n) is 5.17. The van der Waals surface area contributed by atoms with Gasteiger partial charge in [0.2, 0.25) is 5.78 Å². The first-order valence-electron chi connectivity index (χ1n) is 7.18.